The summed E-state index contributed by atoms with van der Waals surface area (Å²) in [6.07, 6.45) is 1.95. The number of fused-ring (bicyclic) bond motifs is 1. The zero-order valence-corrected chi connectivity index (χ0v) is 8.30. The Balaban J connectivity index is 2.84. The van der Waals surface area contributed by atoms with Gasteiger partial charge in [-0.2, -0.15) is 0 Å². The van der Waals surface area contributed by atoms with Gasteiger partial charge in [-0.3, -0.25) is 9.36 Å². The van der Waals surface area contributed by atoms with E-state index in [4.69, 9.17) is 0 Å². The van der Waals surface area contributed by atoms with Crippen molar-refractivity contribution in [3.63, 3.8) is 0 Å². The Morgan fingerprint density at radius 2 is 2.27 bits per heavy atom. The molecule has 0 amide bonds. The van der Waals surface area contributed by atoms with Crippen LogP contribution in [-0.4, -0.2) is 15.8 Å². The first-order chi connectivity index (χ1) is 7.22. The van der Waals surface area contributed by atoms with E-state index in [1.54, 1.807) is 0 Å². The van der Waals surface area contributed by atoms with Gasteiger partial charge in [0.2, 0.25) is 0 Å². The molecule has 0 bridgehead atoms. The molecule has 0 aliphatic carbocycles. The molecule has 2 aromatic rings. The highest BCUT2D eigenvalue weighted by atomic mass is 16.1. The maximum Gasteiger partial charge on any atom is 0.269 e. The monoisotopic (exact) mass is 202 g/mol. The average Bonchev–Trinajstić information content (AvgIpc) is 2.23. The van der Waals surface area contributed by atoms with E-state index in [9.17, 15) is 9.59 Å². The summed E-state index contributed by atoms with van der Waals surface area (Å²) < 4.78 is 1.42. The normalized spacial score (nSPS) is 10.5. The number of hydrogen-bond acceptors (Lipinski definition) is 3. The molecule has 0 fully saturated rings. The first kappa shape index (κ1) is 9.58. The molecule has 1 heterocycles. The summed E-state index contributed by atoms with van der Waals surface area (Å²) in [6, 6.07) is 5.61. The number of carbonyl (C=O) groups excluding carboxylic acids is 1. The Labute approximate surface area is 86.2 Å². The molecule has 0 unspecified atom stereocenters. The van der Waals surface area contributed by atoms with E-state index >= 15 is 0 Å². The predicted molar refractivity (Wildman–Crippen MR) is 56.8 cm³/mol. The molecule has 0 N–H and O–H groups in total. The first-order valence-corrected chi connectivity index (χ1v) is 4.62. The van der Waals surface area contributed by atoms with E-state index in [0.717, 1.165) is 11.1 Å². The zero-order valence-electron chi connectivity index (χ0n) is 8.30. The van der Waals surface area contributed by atoms with Crippen LogP contribution in [0.15, 0.2) is 29.2 Å². The molecule has 1 aromatic heterocycles. The lowest BCUT2D eigenvalue weighted by molar-refractivity contribution is -0.108. The molecule has 0 atom stereocenters. The van der Waals surface area contributed by atoms with E-state index in [1.165, 1.54) is 10.8 Å². The Hall–Kier alpha value is -1.97. The quantitative estimate of drug-likeness (QED) is 0.680. The van der Waals surface area contributed by atoms with Crippen molar-refractivity contribution < 1.29 is 4.79 Å². The molecule has 0 radical (unpaired) electrons. The molecule has 76 valence electrons. The molecule has 15 heavy (non-hydrogen) atoms. The van der Waals surface area contributed by atoms with Crippen LogP contribution in [0.25, 0.3) is 11.0 Å². The zero-order chi connectivity index (χ0) is 10.8. The number of aldehydes is 1. The lowest BCUT2D eigenvalue weighted by Gasteiger charge is -2.06. The smallest absolute Gasteiger partial charge is 0.269 e. The van der Waals surface area contributed by atoms with Crippen molar-refractivity contribution in [2.75, 3.05) is 0 Å². The maximum absolute atomic E-state index is 11.5. The third-order valence-corrected chi connectivity index (χ3v) is 2.26. The van der Waals surface area contributed by atoms with E-state index in [2.05, 4.69) is 4.98 Å². The van der Waals surface area contributed by atoms with Crippen LogP contribution >= 0.6 is 0 Å². The summed E-state index contributed by atoms with van der Waals surface area (Å²) in [4.78, 5) is 26.0. The second-order valence-electron chi connectivity index (χ2n) is 3.37. The number of hydrogen-bond donors (Lipinski definition) is 0. The minimum absolute atomic E-state index is 0.0707. The number of rotatable bonds is 2. The molecular formula is C11H10N2O2. The molecule has 0 aliphatic rings. The maximum atomic E-state index is 11.5. The number of nitrogens with zero attached hydrogens (tertiary/aromatic N) is 2. The fourth-order valence-corrected chi connectivity index (χ4v) is 1.53. The third kappa shape index (κ3) is 1.66. The van der Waals surface area contributed by atoms with Crippen LogP contribution in [0.3, 0.4) is 0 Å². The van der Waals surface area contributed by atoms with Crippen molar-refractivity contribution in [3.05, 3.63) is 40.3 Å². The van der Waals surface area contributed by atoms with Gasteiger partial charge in [-0.1, -0.05) is 6.07 Å². The van der Waals surface area contributed by atoms with Crippen molar-refractivity contribution >= 4 is 17.3 Å². The summed E-state index contributed by atoms with van der Waals surface area (Å²) in [7, 11) is 0. The first-order valence-electron chi connectivity index (χ1n) is 4.62. The highest BCUT2D eigenvalue weighted by molar-refractivity contribution is 5.76. The summed E-state index contributed by atoms with van der Waals surface area (Å²) in [6.45, 7) is 2.00. The number of benzene rings is 1. The van der Waals surface area contributed by atoms with Crippen LogP contribution in [0.2, 0.25) is 0 Å². The van der Waals surface area contributed by atoms with Gasteiger partial charge in [0.25, 0.3) is 5.56 Å². The van der Waals surface area contributed by atoms with Gasteiger partial charge in [0.1, 0.15) is 6.29 Å². The fourth-order valence-electron chi connectivity index (χ4n) is 1.53. The van der Waals surface area contributed by atoms with E-state index in [1.807, 2.05) is 25.1 Å². The summed E-state index contributed by atoms with van der Waals surface area (Å²) in [5.74, 6) is 0. The standard InChI is InChI=1S/C11H10N2O2/c1-8-2-3-9-10(6-8)13(4-5-14)11(15)7-12-9/h2-3,5-7H,4H2,1H3. The van der Waals surface area contributed by atoms with Crippen LogP contribution in [-0.2, 0) is 11.3 Å². The fraction of sp³-hybridized carbons (Fsp3) is 0.182. The number of carbonyl (C=O) groups is 1. The Morgan fingerprint density at radius 1 is 1.47 bits per heavy atom. The van der Waals surface area contributed by atoms with E-state index < -0.39 is 0 Å². The van der Waals surface area contributed by atoms with Gasteiger partial charge in [0.05, 0.1) is 23.8 Å². The van der Waals surface area contributed by atoms with Gasteiger partial charge in [-0.05, 0) is 24.6 Å². The average molecular weight is 202 g/mol. The number of aryl methyl sites for hydroxylation is 1. The summed E-state index contributed by atoms with van der Waals surface area (Å²) in [5.41, 5.74) is 2.21. The largest absolute Gasteiger partial charge is 0.301 e. The second kappa shape index (κ2) is 3.65. The molecular weight excluding hydrogens is 192 g/mol. The Bertz CT molecular complexity index is 572. The van der Waals surface area contributed by atoms with Crippen LogP contribution in [0.1, 0.15) is 5.56 Å². The SMILES string of the molecule is Cc1ccc2ncc(=O)n(CC=O)c2c1. The van der Waals surface area contributed by atoms with Crippen LogP contribution in [0, 0.1) is 6.92 Å². The Morgan fingerprint density at radius 3 is 3.00 bits per heavy atom. The lowest BCUT2D eigenvalue weighted by atomic mass is 10.2. The Kier molecular flexibility index (Phi) is 2.33. The molecule has 2 rings (SSSR count). The van der Waals surface area contributed by atoms with Gasteiger partial charge in [-0.25, -0.2) is 4.98 Å². The van der Waals surface area contributed by atoms with Crippen LogP contribution in [0.4, 0.5) is 0 Å². The molecule has 4 nitrogen and oxygen atoms in total. The van der Waals surface area contributed by atoms with Crippen molar-refractivity contribution in [1.82, 2.24) is 9.55 Å². The van der Waals surface area contributed by atoms with Gasteiger partial charge < -0.3 is 4.79 Å². The third-order valence-electron chi connectivity index (χ3n) is 2.26. The molecule has 4 heteroatoms. The minimum Gasteiger partial charge on any atom is -0.301 e. The summed E-state index contributed by atoms with van der Waals surface area (Å²) >= 11 is 0. The van der Waals surface area contributed by atoms with Crippen LogP contribution < -0.4 is 5.56 Å². The van der Waals surface area contributed by atoms with Gasteiger partial charge in [0.15, 0.2) is 0 Å². The molecule has 0 aliphatic heterocycles. The number of aromatic nitrogens is 2. The highest BCUT2D eigenvalue weighted by Crippen LogP contribution is 2.10. The van der Waals surface area contributed by atoms with Gasteiger partial charge >= 0.3 is 0 Å². The highest BCUT2D eigenvalue weighted by Gasteiger charge is 2.03. The second-order valence-corrected chi connectivity index (χ2v) is 3.37. The summed E-state index contributed by atoms with van der Waals surface area (Å²) in [5, 5.41) is 0. The predicted octanol–water partition coefficient (Wildman–Crippen LogP) is 0.904. The molecule has 0 saturated carbocycles. The minimum atomic E-state index is -0.250. The van der Waals surface area contributed by atoms with Crippen LogP contribution in [0.5, 0.6) is 0 Å². The van der Waals surface area contributed by atoms with Gasteiger partial charge in [0, 0.05) is 0 Å². The molecule has 0 spiro atoms. The topological polar surface area (TPSA) is 52.0 Å². The van der Waals surface area contributed by atoms with E-state index in [-0.39, 0.29) is 12.1 Å². The van der Waals surface area contributed by atoms with Gasteiger partial charge in [-0.15, -0.1) is 0 Å². The van der Waals surface area contributed by atoms with Crippen molar-refractivity contribution in [3.8, 4) is 0 Å². The van der Waals surface area contributed by atoms with Crippen molar-refractivity contribution in [1.29, 1.82) is 0 Å². The van der Waals surface area contributed by atoms with E-state index in [0.29, 0.717) is 11.8 Å². The van der Waals surface area contributed by atoms with Crippen molar-refractivity contribution in [2.45, 2.75) is 13.5 Å². The van der Waals surface area contributed by atoms with Crippen molar-refractivity contribution in [2.24, 2.45) is 0 Å². The lowest BCUT2D eigenvalue weighted by Crippen LogP contribution is -2.21. The molecule has 0 saturated heterocycles. The molecule has 1 aromatic carbocycles.